The summed E-state index contributed by atoms with van der Waals surface area (Å²) >= 11 is 0. The summed E-state index contributed by atoms with van der Waals surface area (Å²) in [6, 6.07) is 12.2. The average molecular weight is 410 g/mol. The number of hydrogen-bond acceptors (Lipinski definition) is 5. The van der Waals surface area contributed by atoms with Crippen LogP contribution >= 0.6 is 0 Å². The second kappa shape index (κ2) is 8.97. The largest absolute Gasteiger partial charge is 0.368 e. The van der Waals surface area contributed by atoms with Gasteiger partial charge in [0.2, 0.25) is 5.91 Å². The minimum absolute atomic E-state index is 0.0479. The summed E-state index contributed by atoms with van der Waals surface area (Å²) in [6.07, 6.45) is 2.80. The Hall–Kier alpha value is -2.72. The third-order valence-electron chi connectivity index (χ3n) is 6.35. The van der Waals surface area contributed by atoms with E-state index in [9.17, 15) is 14.4 Å². The molecule has 1 amide bonds. The van der Waals surface area contributed by atoms with E-state index in [-0.39, 0.29) is 25.4 Å². The van der Waals surface area contributed by atoms with Crippen molar-refractivity contribution < 1.29 is 9.18 Å². The molecule has 30 heavy (non-hydrogen) atoms. The summed E-state index contributed by atoms with van der Waals surface area (Å²) in [6.45, 7) is 5.04. The normalized spacial score (nSPS) is 22.9. The van der Waals surface area contributed by atoms with Crippen LogP contribution in [0.4, 0.5) is 10.1 Å². The molecule has 1 aromatic carbocycles. The van der Waals surface area contributed by atoms with Crippen molar-refractivity contribution in [1.82, 2.24) is 14.8 Å². The molecule has 0 spiro atoms. The molecular weight excluding hydrogens is 381 g/mol. The van der Waals surface area contributed by atoms with Crippen molar-refractivity contribution in [2.24, 2.45) is 0 Å². The van der Waals surface area contributed by atoms with Crippen molar-refractivity contribution in [3.63, 3.8) is 0 Å². The molecule has 2 atom stereocenters. The Labute approximate surface area is 176 Å². The number of benzene rings is 1. The first-order valence-electron chi connectivity index (χ1n) is 10.8. The molecule has 0 bridgehead atoms. The van der Waals surface area contributed by atoms with Gasteiger partial charge in [-0.1, -0.05) is 6.07 Å². The Kier molecular flexibility index (Phi) is 6.14. The Morgan fingerprint density at radius 1 is 1.30 bits per heavy atom. The van der Waals surface area contributed by atoms with Gasteiger partial charge < -0.3 is 9.80 Å². The molecule has 4 rings (SSSR count). The fourth-order valence-corrected chi connectivity index (χ4v) is 4.82. The summed E-state index contributed by atoms with van der Waals surface area (Å²) in [4.78, 5) is 23.1. The van der Waals surface area contributed by atoms with Gasteiger partial charge in [0.15, 0.2) is 0 Å². The molecule has 0 saturated carbocycles. The van der Waals surface area contributed by atoms with Crippen LogP contribution in [0.3, 0.4) is 0 Å². The number of hydrogen-bond donors (Lipinski definition) is 0. The van der Waals surface area contributed by atoms with E-state index >= 15 is 0 Å². The number of nitrogens with zero attached hydrogens (tertiary/aromatic N) is 5. The van der Waals surface area contributed by atoms with Crippen molar-refractivity contribution in [3.8, 4) is 6.07 Å². The van der Waals surface area contributed by atoms with Crippen LogP contribution < -0.4 is 4.90 Å². The van der Waals surface area contributed by atoms with E-state index in [1.165, 1.54) is 10.6 Å². The zero-order chi connectivity index (χ0) is 21.1. The van der Waals surface area contributed by atoms with Crippen molar-refractivity contribution in [2.45, 2.75) is 44.4 Å². The molecule has 1 aromatic heterocycles. The van der Waals surface area contributed by atoms with Crippen molar-refractivity contribution in [1.29, 1.82) is 5.26 Å². The molecule has 3 heterocycles. The van der Waals surface area contributed by atoms with Gasteiger partial charge in [-0.05, 0) is 44.0 Å². The van der Waals surface area contributed by atoms with E-state index in [0.29, 0.717) is 6.04 Å². The number of fused-ring (bicyclic) bond motifs is 1. The van der Waals surface area contributed by atoms with Gasteiger partial charge in [-0.2, -0.15) is 5.26 Å². The standard InChI is InChI=1S/C23H28FN5O/c1-2-28(22-7-3-6-21-20(22)5-4-10-26-21)18-8-11-27(12-9-18)16-23(30)29-15-17(24)13-19(29)14-25/h3-7,10,17-19H,2,8-9,11-13,15-16H2,1H3/t17-,19?/m0/s1. The SMILES string of the molecule is CCN(c1cccc2ncccc12)C1CCN(CC(=O)N2C[C@@H](F)CC2C#N)CC1. The number of alkyl halides is 1. The summed E-state index contributed by atoms with van der Waals surface area (Å²) in [5, 5.41) is 10.3. The van der Waals surface area contributed by atoms with Gasteiger partial charge in [0.25, 0.3) is 0 Å². The molecule has 2 aliphatic rings. The highest BCUT2D eigenvalue weighted by atomic mass is 19.1. The lowest BCUT2D eigenvalue weighted by molar-refractivity contribution is -0.132. The van der Waals surface area contributed by atoms with Crippen LogP contribution in [-0.2, 0) is 4.79 Å². The lowest BCUT2D eigenvalue weighted by atomic mass is 10.0. The third kappa shape index (κ3) is 4.10. The fourth-order valence-electron chi connectivity index (χ4n) is 4.82. The molecule has 7 heteroatoms. The molecule has 158 valence electrons. The molecule has 0 N–H and O–H groups in total. The van der Waals surface area contributed by atoms with Crippen molar-refractivity contribution in [2.75, 3.05) is 37.6 Å². The number of likely N-dealkylation sites (tertiary alicyclic amines) is 2. The molecule has 2 aliphatic heterocycles. The second-order valence-corrected chi connectivity index (χ2v) is 8.16. The van der Waals surface area contributed by atoms with Gasteiger partial charge in [-0.3, -0.25) is 14.7 Å². The van der Waals surface area contributed by atoms with Gasteiger partial charge in [-0.25, -0.2) is 4.39 Å². The number of halogens is 1. The fraction of sp³-hybridized carbons (Fsp3) is 0.522. The molecule has 2 saturated heterocycles. The number of piperidine rings is 1. The van der Waals surface area contributed by atoms with Crippen LogP contribution in [0.5, 0.6) is 0 Å². The van der Waals surface area contributed by atoms with Crippen LogP contribution in [0.15, 0.2) is 36.5 Å². The number of nitriles is 1. The molecule has 0 aliphatic carbocycles. The zero-order valence-corrected chi connectivity index (χ0v) is 17.4. The molecule has 2 aromatic rings. The van der Waals surface area contributed by atoms with E-state index < -0.39 is 12.2 Å². The lowest BCUT2D eigenvalue weighted by Gasteiger charge is -2.40. The highest BCUT2D eigenvalue weighted by molar-refractivity contribution is 5.91. The van der Waals surface area contributed by atoms with Crippen LogP contribution in [0, 0.1) is 11.3 Å². The van der Waals surface area contributed by atoms with Crippen molar-refractivity contribution in [3.05, 3.63) is 36.5 Å². The number of pyridine rings is 1. The molecular formula is C23H28FN5O. The highest BCUT2D eigenvalue weighted by Crippen LogP contribution is 2.30. The maximum Gasteiger partial charge on any atom is 0.237 e. The first-order chi connectivity index (χ1) is 14.6. The predicted octanol–water partition coefficient (Wildman–Crippen LogP) is 2.99. The van der Waals surface area contributed by atoms with Gasteiger partial charge >= 0.3 is 0 Å². The predicted molar refractivity (Wildman–Crippen MR) is 115 cm³/mol. The van der Waals surface area contributed by atoms with Crippen LogP contribution in [-0.4, -0.2) is 71.7 Å². The molecule has 6 nitrogen and oxygen atoms in total. The Morgan fingerprint density at radius 3 is 2.83 bits per heavy atom. The van der Waals surface area contributed by atoms with E-state index in [1.54, 1.807) is 0 Å². The number of amides is 1. The monoisotopic (exact) mass is 409 g/mol. The maximum atomic E-state index is 13.6. The Bertz CT molecular complexity index is 931. The van der Waals surface area contributed by atoms with E-state index in [1.807, 2.05) is 18.3 Å². The first-order valence-corrected chi connectivity index (χ1v) is 10.8. The topological polar surface area (TPSA) is 63.5 Å². The summed E-state index contributed by atoms with van der Waals surface area (Å²) in [5.74, 6) is -0.132. The number of carbonyl (C=O) groups is 1. The van der Waals surface area contributed by atoms with Gasteiger partial charge in [0.1, 0.15) is 12.2 Å². The minimum atomic E-state index is -1.09. The van der Waals surface area contributed by atoms with Crippen LogP contribution in [0.1, 0.15) is 26.2 Å². The zero-order valence-electron chi connectivity index (χ0n) is 17.4. The summed E-state index contributed by atoms with van der Waals surface area (Å²) < 4.78 is 13.6. The number of rotatable bonds is 5. The second-order valence-electron chi connectivity index (χ2n) is 8.16. The van der Waals surface area contributed by atoms with Crippen molar-refractivity contribution >= 4 is 22.5 Å². The highest BCUT2D eigenvalue weighted by Gasteiger charge is 2.36. The van der Waals surface area contributed by atoms with Gasteiger partial charge in [-0.15, -0.1) is 0 Å². The van der Waals surface area contributed by atoms with Gasteiger partial charge in [0, 0.05) is 49.4 Å². The Morgan fingerprint density at radius 2 is 2.10 bits per heavy atom. The number of carbonyl (C=O) groups excluding carboxylic acids is 1. The summed E-state index contributed by atoms with van der Waals surface area (Å²) in [7, 11) is 0. The Balaban J connectivity index is 1.39. The number of anilines is 1. The maximum absolute atomic E-state index is 13.6. The number of aromatic nitrogens is 1. The average Bonchev–Trinajstić information content (AvgIpc) is 3.16. The third-order valence-corrected chi connectivity index (χ3v) is 6.35. The van der Waals surface area contributed by atoms with Crippen LogP contribution in [0.25, 0.3) is 10.9 Å². The van der Waals surface area contributed by atoms with Gasteiger partial charge in [0.05, 0.1) is 24.7 Å². The smallest absolute Gasteiger partial charge is 0.237 e. The first kappa shape index (κ1) is 20.5. The van der Waals surface area contributed by atoms with E-state index in [0.717, 1.165) is 43.4 Å². The quantitative estimate of drug-likeness (QED) is 0.760. The van der Waals surface area contributed by atoms with E-state index in [4.69, 9.17) is 0 Å². The summed E-state index contributed by atoms with van der Waals surface area (Å²) in [5.41, 5.74) is 2.21. The molecule has 1 unspecified atom stereocenters. The molecule has 2 fully saturated rings. The minimum Gasteiger partial charge on any atom is -0.368 e. The van der Waals surface area contributed by atoms with E-state index in [2.05, 4.69) is 46.0 Å². The molecule has 0 radical (unpaired) electrons. The van der Waals surface area contributed by atoms with Crippen LogP contribution in [0.2, 0.25) is 0 Å². The lowest BCUT2D eigenvalue weighted by Crippen LogP contribution is -2.49.